The molecule has 0 bridgehead atoms. The summed E-state index contributed by atoms with van der Waals surface area (Å²) < 4.78 is 5.91. The van der Waals surface area contributed by atoms with Crippen LogP contribution in [0.3, 0.4) is 0 Å². The summed E-state index contributed by atoms with van der Waals surface area (Å²) in [7, 11) is 0. The number of esters is 1. The van der Waals surface area contributed by atoms with Gasteiger partial charge in [-0.25, -0.2) is 4.79 Å². The van der Waals surface area contributed by atoms with E-state index in [4.69, 9.17) is 4.74 Å². The number of carbonyl (C=O) groups excluding carboxylic acids is 2. The van der Waals surface area contributed by atoms with Gasteiger partial charge >= 0.3 is 5.97 Å². The van der Waals surface area contributed by atoms with Gasteiger partial charge in [-0.2, -0.15) is 0 Å². The fourth-order valence-electron chi connectivity index (χ4n) is 1.86. The quantitative estimate of drug-likeness (QED) is 0.597. The molecule has 1 aromatic heterocycles. The smallest absolute Gasteiger partial charge is 0.331 e. The van der Waals surface area contributed by atoms with Crippen LogP contribution in [0.15, 0.2) is 52.3 Å². The molecule has 0 aliphatic heterocycles. The lowest BCUT2D eigenvalue weighted by atomic mass is 10.1. The van der Waals surface area contributed by atoms with E-state index in [-0.39, 0.29) is 18.6 Å². The summed E-state index contributed by atoms with van der Waals surface area (Å²) in [6.45, 7) is 1.58. The Morgan fingerprint density at radius 2 is 2.00 bits per heavy atom. The van der Waals surface area contributed by atoms with Crippen LogP contribution in [0.1, 0.15) is 23.4 Å². The van der Waals surface area contributed by atoms with E-state index in [0.29, 0.717) is 0 Å². The SMILES string of the molecule is C[C@@H](NC(=O)COC(=O)/C=C/c1ccc(Br)s1)c1ccccc1. The van der Waals surface area contributed by atoms with Gasteiger partial charge in [-0.1, -0.05) is 30.3 Å². The van der Waals surface area contributed by atoms with Crippen LogP contribution in [-0.2, 0) is 14.3 Å². The van der Waals surface area contributed by atoms with Gasteiger partial charge in [-0.05, 0) is 46.6 Å². The van der Waals surface area contributed by atoms with Crippen molar-refractivity contribution in [1.82, 2.24) is 5.32 Å². The molecule has 0 aliphatic rings. The summed E-state index contributed by atoms with van der Waals surface area (Å²) in [4.78, 5) is 24.3. The zero-order valence-electron chi connectivity index (χ0n) is 12.5. The fourth-order valence-corrected chi connectivity index (χ4v) is 3.19. The van der Waals surface area contributed by atoms with Gasteiger partial charge in [0.25, 0.3) is 5.91 Å². The van der Waals surface area contributed by atoms with Gasteiger partial charge in [0.1, 0.15) is 0 Å². The Labute approximate surface area is 147 Å². The van der Waals surface area contributed by atoms with Crippen molar-refractivity contribution >= 4 is 45.2 Å². The first-order valence-corrected chi connectivity index (χ1v) is 8.60. The number of halogens is 1. The van der Waals surface area contributed by atoms with Crippen molar-refractivity contribution in [3.05, 3.63) is 62.8 Å². The molecule has 1 N–H and O–H groups in total. The predicted octanol–water partition coefficient (Wildman–Crippen LogP) is 3.94. The number of thiophene rings is 1. The Morgan fingerprint density at radius 3 is 2.65 bits per heavy atom. The van der Waals surface area contributed by atoms with Crippen molar-refractivity contribution in [1.29, 1.82) is 0 Å². The molecule has 0 fully saturated rings. The highest BCUT2D eigenvalue weighted by Gasteiger charge is 2.10. The zero-order valence-corrected chi connectivity index (χ0v) is 14.9. The molecule has 2 aromatic rings. The Morgan fingerprint density at radius 1 is 1.26 bits per heavy atom. The van der Waals surface area contributed by atoms with Crippen LogP contribution in [0.25, 0.3) is 6.08 Å². The van der Waals surface area contributed by atoms with Crippen molar-refractivity contribution in [3.8, 4) is 0 Å². The van der Waals surface area contributed by atoms with E-state index in [2.05, 4.69) is 21.2 Å². The number of ether oxygens (including phenoxy) is 1. The predicted molar refractivity (Wildman–Crippen MR) is 95.0 cm³/mol. The summed E-state index contributed by atoms with van der Waals surface area (Å²) in [5.74, 6) is -0.876. The first-order chi connectivity index (χ1) is 11.0. The zero-order chi connectivity index (χ0) is 16.7. The Bertz CT molecular complexity index is 697. The molecule has 0 spiro atoms. The highest BCUT2D eigenvalue weighted by atomic mass is 79.9. The minimum absolute atomic E-state index is 0.138. The standard InChI is InChI=1S/C17H16BrNO3S/c1-12(13-5-3-2-4-6-13)19-16(20)11-22-17(21)10-8-14-7-9-15(18)23-14/h2-10,12H,11H2,1H3,(H,19,20)/b10-8+/t12-/m1/s1. The van der Waals surface area contributed by atoms with Crippen LogP contribution < -0.4 is 5.32 Å². The highest BCUT2D eigenvalue weighted by Crippen LogP contribution is 2.22. The normalized spacial score (nSPS) is 12.1. The van der Waals surface area contributed by atoms with Gasteiger partial charge in [0.2, 0.25) is 0 Å². The maximum atomic E-state index is 11.8. The van der Waals surface area contributed by atoms with Crippen LogP contribution in [0, 0.1) is 0 Å². The summed E-state index contributed by atoms with van der Waals surface area (Å²) >= 11 is 4.85. The van der Waals surface area contributed by atoms with Crippen LogP contribution >= 0.6 is 27.3 Å². The Hall–Kier alpha value is -1.92. The van der Waals surface area contributed by atoms with Crippen molar-refractivity contribution in [3.63, 3.8) is 0 Å². The van der Waals surface area contributed by atoms with Crippen LogP contribution in [0.5, 0.6) is 0 Å². The molecule has 6 heteroatoms. The molecule has 23 heavy (non-hydrogen) atoms. The highest BCUT2D eigenvalue weighted by molar-refractivity contribution is 9.11. The maximum Gasteiger partial charge on any atom is 0.331 e. The van der Waals surface area contributed by atoms with Gasteiger partial charge in [0.15, 0.2) is 6.61 Å². The van der Waals surface area contributed by atoms with E-state index in [1.54, 1.807) is 6.08 Å². The second-order valence-corrected chi connectivity index (χ2v) is 7.28. The molecule has 1 amide bonds. The third kappa shape index (κ3) is 6.00. The molecule has 120 valence electrons. The Balaban J connectivity index is 1.75. The number of carbonyl (C=O) groups is 2. The second kappa shape index (κ2) is 8.64. The number of rotatable bonds is 6. The maximum absolute atomic E-state index is 11.8. The molecule has 0 unspecified atom stereocenters. The minimum Gasteiger partial charge on any atom is -0.452 e. The molecule has 1 aromatic carbocycles. The monoisotopic (exact) mass is 393 g/mol. The molecular weight excluding hydrogens is 378 g/mol. The van der Waals surface area contributed by atoms with E-state index in [0.717, 1.165) is 14.2 Å². The largest absolute Gasteiger partial charge is 0.452 e. The van der Waals surface area contributed by atoms with Crippen LogP contribution in [0.4, 0.5) is 0 Å². The van der Waals surface area contributed by atoms with Gasteiger partial charge in [0.05, 0.1) is 9.83 Å². The van der Waals surface area contributed by atoms with Gasteiger partial charge in [0, 0.05) is 11.0 Å². The molecule has 4 nitrogen and oxygen atoms in total. The molecule has 1 heterocycles. The van der Waals surface area contributed by atoms with Crippen LogP contribution in [0.2, 0.25) is 0 Å². The van der Waals surface area contributed by atoms with Gasteiger partial charge < -0.3 is 10.1 Å². The van der Waals surface area contributed by atoms with Gasteiger partial charge in [-0.15, -0.1) is 11.3 Å². The summed E-state index contributed by atoms with van der Waals surface area (Å²) in [6, 6.07) is 13.2. The Kier molecular flexibility index (Phi) is 6.55. The topological polar surface area (TPSA) is 55.4 Å². The van der Waals surface area contributed by atoms with E-state index in [1.165, 1.54) is 17.4 Å². The lowest BCUT2D eigenvalue weighted by molar-refractivity contribution is -0.144. The summed E-state index contributed by atoms with van der Waals surface area (Å²) in [5, 5.41) is 2.78. The molecule has 0 saturated heterocycles. The minimum atomic E-state index is -0.544. The number of hydrogen-bond acceptors (Lipinski definition) is 4. The van der Waals surface area contributed by atoms with Gasteiger partial charge in [-0.3, -0.25) is 4.79 Å². The molecule has 0 radical (unpaired) electrons. The van der Waals surface area contributed by atoms with E-state index < -0.39 is 5.97 Å². The lowest BCUT2D eigenvalue weighted by Gasteiger charge is -2.13. The molecule has 2 rings (SSSR count). The second-order valence-electron chi connectivity index (χ2n) is 4.78. The van der Waals surface area contributed by atoms with E-state index in [9.17, 15) is 9.59 Å². The van der Waals surface area contributed by atoms with Crippen molar-refractivity contribution < 1.29 is 14.3 Å². The molecule has 0 saturated carbocycles. The van der Waals surface area contributed by atoms with Crippen molar-refractivity contribution in [2.24, 2.45) is 0 Å². The first kappa shape index (κ1) is 17.4. The third-order valence-corrected chi connectivity index (χ3v) is 4.59. The van der Waals surface area contributed by atoms with Crippen LogP contribution in [-0.4, -0.2) is 18.5 Å². The summed E-state index contributed by atoms with van der Waals surface area (Å²) in [6.07, 6.45) is 2.97. The van der Waals surface area contributed by atoms with E-state index in [1.807, 2.05) is 49.4 Å². The van der Waals surface area contributed by atoms with Crippen molar-refractivity contribution in [2.75, 3.05) is 6.61 Å². The van der Waals surface area contributed by atoms with Crippen molar-refractivity contribution in [2.45, 2.75) is 13.0 Å². The fraction of sp³-hybridized carbons (Fsp3) is 0.176. The first-order valence-electron chi connectivity index (χ1n) is 6.99. The molecule has 1 atom stereocenters. The molecule has 0 aliphatic carbocycles. The third-order valence-electron chi connectivity index (χ3n) is 3.00. The summed E-state index contributed by atoms with van der Waals surface area (Å²) in [5.41, 5.74) is 0.996. The average Bonchev–Trinajstić information content (AvgIpc) is 2.97. The molecular formula is C17H16BrNO3S. The number of amides is 1. The van der Waals surface area contributed by atoms with E-state index >= 15 is 0 Å². The lowest BCUT2D eigenvalue weighted by Crippen LogP contribution is -2.30. The number of nitrogens with one attached hydrogen (secondary N) is 1. The average molecular weight is 394 g/mol. The number of hydrogen-bond donors (Lipinski definition) is 1. The number of benzene rings is 1.